The molecule has 1 aliphatic rings. The molecule has 0 bridgehead atoms. The summed E-state index contributed by atoms with van der Waals surface area (Å²) in [4.78, 5) is 16.4. The van der Waals surface area contributed by atoms with Gasteiger partial charge in [-0.25, -0.2) is 9.37 Å². The number of nitrogens with two attached hydrogens (primary N) is 1. The first-order valence-corrected chi connectivity index (χ1v) is 8.61. The maximum Gasteiger partial charge on any atom is 0.237 e. The van der Waals surface area contributed by atoms with Gasteiger partial charge in [0.05, 0.1) is 6.04 Å². The van der Waals surface area contributed by atoms with Gasteiger partial charge in [0.1, 0.15) is 11.6 Å². The molecule has 1 unspecified atom stereocenters. The van der Waals surface area contributed by atoms with E-state index in [4.69, 9.17) is 15.2 Å². The topological polar surface area (TPSA) is 86.5 Å². The molecule has 2 aromatic rings. The number of aromatic nitrogens is 1. The van der Waals surface area contributed by atoms with E-state index in [1.807, 2.05) is 0 Å². The summed E-state index contributed by atoms with van der Waals surface area (Å²) in [7, 11) is 0. The van der Waals surface area contributed by atoms with Crippen LogP contribution in [0.25, 0.3) is 0 Å². The number of carbonyl (C=O) groups excluding carboxylic acids is 1. The average molecular weight is 359 g/mol. The Hall–Kier alpha value is -2.51. The normalized spacial score (nSPS) is 16.1. The number of rotatable bonds is 6. The lowest BCUT2D eigenvalue weighted by molar-refractivity contribution is -0.124. The molecule has 1 atom stereocenters. The average Bonchev–Trinajstić information content (AvgIpc) is 2.68. The van der Waals surface area contributed by atoms with E-state index < -0.39 is 6.04 Å². The number of nitrogens with one attached hydrogen (secondary N) is 1. The summed E-state index contributed by atoms with van der Waals surface area (Å²) in [5.41, 5.74) is 6.90. The van der Waals surface area contributed by atoms with E-state index in [1.54, 1.807) is 18.3 Å². The molecule has 1 aromatic carbocycles. The zero-order valence-electron chi connectivity index (χ0n) is 14.4. The lowest BCUT2D eigenvalue weighted by Crippen LogP contribution is -2.46. The highest BCUT2D eigenvalue weighted by Gasteiger charge is 2.26. The van der Waals surface area contributed by atoms with Crippen molar-refractivity contribution in [2.45, 2.75) is 25.4 Å². The van der Waals surface area contributed by atoms with E-state index in [0.29, 0.717) is 31.4 Å². The molecule has 138 valence electrons. The van der Waals surface area contributed by atoms with Gasteiger partial charge in [0.2, 0.25) is 11.8 Å². The number of nitrogens with zero attached hydrogens (tertiary/aromatic N) is 1. The third-order valence-electron chi connectivity index (χ3n) is 4.38. The second-order valence-corrected chi connectivity index (χ2v) is 6.25. The van der Waals surface area contributed by atoms with Gasteiger partial charge in [-0.05, 0) is 54.7 Å². The van der Waals surface area contributed by atoms with Crippen molar-refractivity contribution in [3.63, 3.8) is 0 Å². The summed E-state index contributed by atoms with van der Waals surface area (Å²) >= 11 is 0. The summed E-state index contributed by atoms with van der Waals surface area (Å²) in [6, 6.07) is 8.67. The second-order valence-electron chi connectivity index (χ2n) is 6.25. The van der Waals surface area contributed by atoms with Gasteiger partial charge in [-0.15, -0.1) is 0 Å². The molecule has 6 nitrogen and oxygen atoms in total. The molecule has 7 heteroatoms. The van der Waals surface area contributed by atoms with Crippen molar-refractivity contribution >= 4 is 5.91 Å². The first-order valence-electron chi connectivity index (χ1n) is 8.61. The van der Waals surface area contributed by atoms with Crippen LogP contribution in [0.1, 0.15) is 18.4 Å². The molecule has 0 saturated carbocycles. The lowest BCUT2D eigenvalue weighted by Gasteiger charge is -2.26. The third-order valence-corrected chi connectivity index (χ3v) is 4.38. The molecule has 1 amide bonds. The Bertz CT molecular complexity index is 733. The van der Waals surface area contributed by atoms with Gasteiger partial charge in [0.25, 0.3) is 0 Å². The molecule has 1 aliphatic heterocycles. The van der Waals surface area contributed by atoms with Crippen LogP contribution in [-0.2, 0) is 16.1 Å². The first-order chi connectivity index (χ1) is 12.6. The van der Waals surface area contributed by atoms with Crippen LogP contribution in [0.3, 0.4) is 0 Å². The molecule has 3 N–H and O–H groups in total. The minimum absolute atomic E-state index is 0.151. The molecule has 0 spiro atoms. The Morgan fingerprint density at radius 1 is 1.31 bits per heavy atom. The fraction of sp³-hybridized carbons (Fsp3) is 0.368. The summed E-state index contributed by atoms with van der Waals surface area (Å²) in [5.74, 6) is 0.509. The van der Waals surface area contributed by atoms with Crippen LogP contribution in [0.15, 0.2) is 42.6 Å². The van der Waals surface area contributed by atoms with Crippen LogP contribution < -0.4 is 15.8 Å². The predicted molar refractivity (Wildman–Crippen MR) is 94.1 cm³/mol. The van der Waals surface area contributed by atoms with Crippen LogP contribution in [0, 0.1) is 11.7 Å². The highest BCUT2D eigenvalue weighted by atomic mass is 19.1. The smallest absolute Gasteiger partial charge is 0.237 e. The van der Waals surface area contributed by atoms with Gasteiger partial charge in [0, 0.05) is 32.0 Å². The molecule has 0 radical (unpaired) electrons. The first kappa shape index (κ1) is 18.3. The van der Waals surface area contributed by atoms with Crippen LogP contribution in [-0.4, -0.2) is 30.1 Å². The van der Waals surface area contributed by atoms with E-state index in [2.05, 4.69) is 10.3 Å². The quantitative estimate of drug-likeness (QED) is 0.827. The number of hydrogen-bond donors (Lipinski definition) is 2. The molecule has 26 heavy (non-hydrogen) atoms. The van der Waals surface area contributed by atoms with Gasteiger partial charge < -0.3 is 20.5 Å². The molecular weight excluding hydrogens is 337 g/mol. The van der Waals surface area contributed by atoms with Crippen molar-refractivity contribution in [2.24, 2.45) is 11.7 Å². The molecular formula is C19H22FN3O3. The van der Waals surface area contributed by atoms with Crippen LogP contribution in [0.5, 0.6) is 11.6 Å². The van der Waals surface area contributed by atoms with Crippen LogP contribution in [0.4, 0.5) is 4.39 Å². The Balaban J connectivity index is 1.54. The van der Waals surface area contributed by atoms with E-state index in [9.17, 15) is 9.18 Å². The Morgan fingerprint density at radius 3 is 2.77 bits per heavy atom. The number of ether oxygens (including phenoxy) is 2. The van der Waals surface area contributed by atoms with Crippen molar-refractivity contribution in [3.8, 4) is 11.6 Å². The number of pyridine rings is 1. The van der Waals surface area contributed by atoms with Crippen molar-refractivity contribution in [1.82, 2.24) is 10.3 Å². The standard InChI is InChI=1S/C19H22FN3O3/c20-15-1-3-16(4-2-15)26-17-11-13(5-8-22-17)12-23-19(24)18(21)14-6-9-25-10-7-14/h1-5,8,11,14,18H,6-7,9-10,12,21H2,(H,23,24). The Kier molecular flexibility index (Phi) is 6.14. The van der Waals surface area contributed by atoms with Gasteiger partial charge in [-0.1, -0.05) is 0 Å². The molecule has 3 rings (SSSR count). The number of hydrogen-bond acceptors (Lipinski definition) is 5. The van der Waals surface area contributed by atoms with E-state index >= 15 is 0 Å². The number of benzene rings is 1. The van der Waals surface area contributed by atoms with E-state index in [-0.39, 0.29) is 17.6 Å². The number of halogens is 1. The SMILES string of the molecule is NC(C(=O)NCc1ccnc(Oc2ccc(F)cc2)c1)C1CCOCC1. The molecule has 0 aliphatic carbocycles. The molecule has 2 heterocycles. The fourth-order valence-electron chi connectivity index (χ4n) is 2.84. The highest BCUT2D eigenvalue weighted by Crippen LogP contribution is 2.21. The monoisotopic (exact) mass is 359 g/mol. The maximum atomic E-state index is 12.9. The molecule has 1 saturated heterocycles. The summed E-state index contributed by atoms with van der Waals surface area (Å²) in [6.45, 7) is 1.64. The van der Waals surface area contributed by atoms with Crippen molar-refractivity contribution in [2.75, 3.05) is 13.2 Å². The number of carbonyl (C=O) groups is 1. The van der Waals surface area contributed by atoms with Crippen LogP contribution in [0.2, 0.25) is 0 Å². The number of amides is 1. The van der Waals surface area contributed by atoms with Crippen molar-refractivity contribution < 1.29 is 18.7 Å². The Morgan fingerprint density at radius 2 is 2.04 bits per heavy atom. The summed E-state index contributed by atoms with van der Waals surface area (Å²) in [5, 5.41) is 2.86. The van der Waals surface area contributed by atoms with Gasteiger partial charge in [0.15, 0.2) is 0 Å². The summed E-state index contributed by atoms with van der Waals surface area (Å²) < 4.78 is 23.8. The van der Waals surface area contributed by atoms with Gasteiger partial charge >= 0.3 is 0 Å². The van der Waals surface area contributed by atoms with Crippen molar-refractivity contribution in [3.05, 3.63) is 54.0 Å². The lowest BCUT2D eigenvalue weighted by atomic mass is 9.92. The second kappa shape index (κ2) is 8.73. The van der Waals surface area contributed by atoms with Gasteiger partial charge in [-0.3, -0.25) is 4.79 Å². The molecule has 1 aromatic heterocycles. The third kappa shape index (κ3) is 5.00. The fourth-order valence-corrected chi connectivity index (χ4v) is 2.84. The van der Waals surface area contributed by atoms with Gasteiger partial charge in [-0.2, -0.15) is 0 Å². The predicted octanol–water partition coefficient (Wildman–Crippen LogP) is 2.38. The minimum atomic E-state index is -0.532. The van der Waals surface area contributed by atoms with Crippen molar-refractivity contribution in [1.29, 1.82) is 0 Å². The minimum Gasteiger partial charge on any atom is -0.439 e. The highest BCUT2D eigenvalue weighted by molar-refractivity contribution is 5.81. The Labute approximate surface area is 151 Å². The summed E-state index contributed by atoms with van der Waals surface area (Å²) in [6.07, 6.45) is 3.21. The zero-order valence-corrected chi connectivity index (χ0v) is 14.4. The van der Waals surface area contributed by atoms with E-state index in [1.165, 1.54) is 24.3 Å². The zero-order chi connectivity index (χ0) is 18.4. The molecule has 1 fully saturated rings. The van der Waals surface area contributed by atoms with Crippen LogP contribution >= 0.6 is 0 Å². The maximum absolute atomic E-state index is 12.9. The van der Waals surface area contributed by atoms with E-state index in [0.717, 1.165) is 18.4 Å². The largest absolute Gasteiger partial charge is 0.439 e.